The van der Waals surface area contributed by atoms with E-state index in [1.54, 1.807) is 13.8 Å². The summed E-state index contributed by atoms with van der Waals surface area (Å²) in [6, 6.07) is -0.802. The van der Waals surface area contributed by atoms with Crippen LogP contribution in [-0.4, -0.2) is 48.0 Å². The number of carbonyl (C=O) groups excluding carboxylic acids is 4. The third-order valence-electron chi connectivity index (χ3n) is 3.62. The van der Waals surface area contributed by atoms with Gasteiger partial charge in [0.25, 0.3) is 0 Å². The van der Waals surface area contributed by atoms with E-state index in [1.165, 1.54) is 12.0 Å². The van der Waals surface area contributed by atoms with E-state index in [2.05, 4.69) is 15.4 Å². The molecule has 2 aliphatic heterocycles. The van der Waals surface area contributed by atoms with Crippen molar-refractivity contribution in [2.24, 2.45) is 11.8 Å². The lowest BCUT2D eigenvalue weighted by molar-refractivity contribution is -0.159. The van der Waals surface area contributed by atoms with Gasteiger partial charge in [0.05, 0.1) is 18.9 Å². The van der Waals surface area contributed by atoms with Crippen molar-refractivity contribution in [3.8, 4) is 0 Å². The molecule has 2 aliphatic rings. The Morgan fingerprint density at radius 1 is 1.35 bits per heavy atom. The highest BCUT2D eigenvalue weighted by atomic mass is 16.5. The molecule has 20 heavy (non-hydrogen) atoms. The van der Waals surface area contributed by atoms with E-state index in [1.807, 2.05) is 0 Å². The molecule has 0 aromatic carbocycles. The quantitative estimate of drug-likeness (QED) is 0.645. The molecular formula is C12H17N3O5. The Labute approximate surface area is 115 Å². The first-order valence-corrected chi connectivity index (χ1v) is 6.37. The summed E-state index contributed by atoms with van der Waals surface area (Å²) in [6.07, 6.45) is -0.942. The minimum atomic E-state index is -0.881. The van der Waals surface area contributed by atoms with Gasteiger partial charge in [-0.3, -0.25) is 19.7 Å². The highest BCUT2D eigenvalue weighted by Crippen LogP contribution is 2.31. The standard InChI is InChI=1S/C12H17N3O5/c1-5(2)15-9-8(10(17)14-12(15)19)6(11(18)20-3)4-7(16)13-9/h5-6,8-9H,4H2,1-3H3,(H,13,16)(H,14,17,19). The van der Waals surface area contributed by atoms with E-state index in [0.29, 0.717) is 0 Å². The minimum Gasteiger partial charge on any atom is -0.469 e. The molecule has 0 bridgehead atoms. The molecule has 2 N–H and O–H groups in total. The number of hydrogen-bond acceptors (Lipinski definition) is 5. The van der Waals surface area contributed by atoms with Gasteiger partial charge in [-0.05, 0) is 13.8 Å². The molecule has 0 saturated carbocycles. The first kappa shape index (κ1) is 14.3. The summed E-state index contributed by atoms with van der Waals surface area (Å²) in [5, 5.41) is 4.84. The normalized spacial score (nSPS) is 29.7. The maximum atomic E-state index is 12.0. The summed E-state index contributed by atoms with van der Waals surface area (Å²) < 4.78 is 4.66. The highest BCUT2D eigenvalue weighted by molar-refractivity contribution is 6.02. The molecule has 3 unspecified atom stereocenters. The van der Waals surface area contributed by atoms with Crippen LogP contribution in [0.2, 0.25) is 0 Å². The number of methoxy groups -OCH3 is 1. The molecular weight excluding hydrogens is 266 g/mol. The van der Waals surface area contributed by atoms with E-state index in [9.17, 15) is 19.2 Å². The molecule has 0 spiro atoms. The zero-order valence-corrected chi connectivity index (χ0v) is 11.5. The van der Waals surface area contributed by atoms with Crippen LogP contribution in [0.5, 0.6) is 0 Å². The molecule has 0 radical (unpaired) electrons. The third kappa shape index (κ3) is 2.21. The second kappa shape index (κ2) is 5.10. The van der Waals surface area contributed by atoms with Crippen LogP contribution in [0.15, 0.2) is 0 Å². The topological polar surface area (TPSA) is 105 Å². The third-order valence-corrected chi connectivity index (χ3v) is 3.62. The van der Waals surface area contributed by atoms with Crippen molar-refractivity contribution < 1.29 is 23.9 Å². The second-order valence-electron chi connectivity index (χ2n) is 5.17. The molecule has 3 atom stereocenters. The summed E-state index contributed by atoms with van der Waals surface area (Å²) in [4.78, 5) is 48.8. The molecule has 2 saturated heterocycles. The number of piperidine rings is 1. The number of nitrogens with one attached hydrogen (secondary N) is 2. The Morgan fingerprint density at radius 2 is 2.00 bits per heavy atom. The van der Waals surface area contributed by atoms with E-state index < -0.39 is 35.9 Å². The van der Waals surface area contributed by atoms with Gasteiger partial charge in [0.2, 0.25) is 11.8 Å². The van der Waals surface area contributed by atoms with E-state index >= 15 is 0 Å². The van der Waals surface area contributed by atoms with Gasteiger partial charge in [0.1, 0.15) is 6.17 Å². The van der Waals surface area contributed by atoms with Gasteiger partial charge in [-0.25, -0.2) is 4.79 Å². The fourth-order valence-electron chi connectivity index (χ4n) is 2.75. The van der Waals surface area contributed by atoms with Crippen molar-refractivity contribution in [2.45, 2.75) is 32.5 Å². The molecule has 8 nitrogen and oxygen atoms in total. The molecule has 2 rings (SSSR count). The maximum absolute atomic E-state index is 12.0. The first-order valence-electron chi connectivity index (χ1n) is 6.37. The van der Waals surface area contributed by atoms with E-state index in [0.717, 1.165) is 0 Å². The number of fused-ring (bicyclic) bond motifs is 1. The predicted molar refractivity (Wildman–Crippen MR) is 66.1 cm³/mol. The summed E-state index contributed by atoms with van der Waals surface area (Å²) in [5.74, 6) is -3.28. The van der Waals surface area contributed by atoms with Gasteiger partial charge >= 0.3 is 12.0 Å². The van der Waals surface area contributed by atoms with Gasteiger partial charge in [-0.15, -0.1) is 0 Å². The number of esters is 1. The zero-order chi connectivity index (χ0) is 15.0. The van der Waals surface area contributed by atoms with Crippen LogP contribution in [0, 0.1) is 11.8 Å². The van der Waals surface area contributed by atoms with Crippen LogP contribution >= 0.6 is 0 Å². The van der Waals surface area contributed by atoms with Crippen molar-refractivity contribution in [2.75, 3.05) is 7.11 Å². The molecule has 0 aliphatic carbocycles. The molecule has 4 amide bonds. The van der Waals surface area contributed by atoms with Crippen LogP contribution in [-0.2, 0) is 19.1 Å². The Kier molecular flexibility index (Phi) is 3.65. The first-order chi connectivity index (χ1) is 9.36. The summed E-state index contributed by atoms with van der Waals surface area (Å²) in [6.45, 7) is 3.53. The lowest BCUT2D eigenvalue weighted by Crippen LogP contribution is -2.71. The van der Waals surface area contributed by atoms with Crippen molar-refractivity contribution in [1.29, 1.82) is 0 Å². The number of rotatable bonds is 2. The summed E-state index contributed by atoms with van der Waals surface area (Å²) in [5.41, 5.74) is 0. The van der Waals surface area contributed by atoms with Crippen LogP contribution in [0.4, 0.5) is 4.79 Å². The SMILES string of the molecule is COC(=O)C1CC(=O)NC2C1C(=O)NC(=O)N2C(C)C. The second-order valence-corrected chi connectivity index (χ2v) is 5.17. The minimum absolute atomic E-state index is 0.124. The number of hydrogen-bond donors (Lipinski definition) is 2. The fourth-order valence-corrected chi connectivity index (χ4v) is 2.75. The van der Waals surface area contributed by atoms with Gasteiger partial charge in [-0.2, -0.15) is 0 Å². The zero-order valence-electron chi connectivity index (χ0n) is 11.5. The number of urea groups is 1. The molecule has 2 fully saturated rings. The number of nitrogens with zero attached hydrogens (tertiary/aromatic N) is 1. The van der Waals surface area contributed by atoms with Gasteiger partial charge in [-0.1, -0.05) is 0 Å². The van der Waals surface area contributed by atoms with Gasteiger partial charge in [0.15, 0.2) is 0 Å². The molecule has 8 heteroatoms. The van der Waals surface area contributed by atoms with Crippen LogP contribution in [0.3, 0.4) is 0 Å². The fraction of sp³-hybridized carbons (Fsp3) is 0.667. The van der Waals surface area contributed by atoms with E-state index in [-0.39, 0.29) is 18.4 Å². The summed E-state index contributed by atoms with van der Waals surface area (Å²) >= 11 is 0. The van der Waals surface area contributed by atoms with Crippen molar-refractivity contribution in [3.63, 3.8) is 0 Å². The lowest BCUT2D eigenvalue weighted by atomic mass is 9.81. The molecule has 110 valence electrons. The highest BCUT2D eigenvalue weighted by Gasteiger charge is 2.52. The van der Waals surface area contributed by atoms with Crippen LogP contribution in [0.1, 0.15) is 20.3 Å². The lowest BCUT2D eigenvalue weighted by Gasteiger charge is -2.46. The predicted octanol–water partition coefficient (Wildman–Crippen LogP) is -0.802. The number of ether oxygens (including phenoxy) is 1. The molecule has 0 aromatic rings. The Morgan fingerprint density at radius 3 is 2.55 bits per heavy atom. The van der Waals surface area contributed by atoms with Gasteiger partial charge in [0, 0.05) is 12.5 Å². The van der Waals surface area contributed by atoms with Gasteiger partial charge < -0.3 is 15.0 Å². The van der Waals surface area contributed by atoms with Crippen molar-refractivity contribution in [3.05, 3.63) is 0 Å². The maximum Gasteiger partial charge on any atom is 0.325 e. The largest absolute Gasteiger partial charge is 0.469 e. The average Bonchev–Trinajstić information content (AvgIpc) is 2.35. The molecule has 0 aromatic heterocycles. The number of carbonyl (C=O) groups is 4. The van der Waals surface area contributed by atoms with Crippen LogP contribution in [0.25, 0.3) is 0 Å². The van der Waals surface area contributed by atoms with Crippen LogP contribution < -0.4 is 10.6 Å². The monoisotopic (exact) mass is 283 g/mol. The smallest absolute Gasteiger partial charge is 0.325 e. The Bertz CT molecular complexity index is 476. The van der Waals surface area contributed by atoms with E-state index in [4.69, 9.17) is 0 Å². The Balaban J connectivity index is 2.39. The summed E-state index contributed by atoms with van der Waals surface area (Å²) in [7, 11) is 1.20. The average molecular weight is 283 g/mol. The number of imide groups is 1. The van der Waals surface area contributed by atoms with Crippen molar-refractivity contribution in [1.82, 2.24) is 15.5 Å². The molecule has 2 heterocycles. The van der Waals surface area contributed by atoms with Crippen molar-refractivity contribution >= 4 is 23.8 Å². The Hall–Kier alpha value is -2.12. The number of amides is 4.